The van der Waals surface area contributed by atoms with Gasteiger partial charge in [0.1, 0.15) is 5.02 Å². The van der Waals surface area contributed by atoms with Crippen LogP contribution in [-0.2, 0) is 9.59 Å². The molecular formula is C19H19Cl2N3O3. The van der Waals surface area contributed by atoms with Gasteiger partial charge in [0.25, 0.3) is 0 Å². The number of nitrogens with one attached hydrogen (secondary N) is 2. The van der Waals surface area contributed by atoms with Gasteiger partial charge in [0.05, 0.1) is 10.7 Å². The third-order valence-electron chi connectivity index (χ3n) is 4.24. The number of pyridine rings is 1. The Hall–Kier alpha value is -2.31. The van der Waals surface area contributed by atoms with Gasteiger partial charge in [0, 0.05) is 25.1 Å². The van der Waals surface area contributed by atoms with Gasteiger partial charge >= 0.3 is 0 Å². The van der Waals surface area contributed by atoms with Crippen LogP contribution in [0.25, 0.3) is 0 Å². The van der Waals surface area contributed by atoms with Crippen LogP contribution < -0.4 is 15.4 Å². The molecule has 8 heteroatoms. The van der Waals surface area contributed by atoms with Crippen LogP contribution in [0.5, 0.6) is 11.6 Å². The predicted octanol–water partition coefficient (Wildman–Crippen LogP) is 4.28. The summed E-state index contributed by atoms with van der Waals surface area (Å²) in [6.07, 6.45) is 2.51. The monoisotopic (exact) mass is 407 g/mol. The molecule has 1 aliphatic rings. The predicted molar refractivity (Wildman–Crippen MR) is 104 cm³/mol. The van der Waals surface area contributed by atoms with Crippen molar-refractivity contribution in [3.63, 3.8) is 0 Å². The highest BCUT2D eigenvalue weighted by Crippen LogP contribution is 2.37. The van der Waals surface area contributed by atoms with Crippen molar-refractivity contribution < 1.29 is 14.3 Å². The standard InChI is InChI=1S/C19H19Cl2N3O3/c1-11-8-13(11)18(26)22-7-6-17(25)24-15-4-2-3-5-16(15)27-19-14(21)9-12(20)10-23-19/h2-5,9-11,13H,6-8H2,1H3,(H,22,26)(H,24,25). The molecule has 2 aromatic rings. The maximum atomic E-state index is 12.2. The van der Waals surface area contributed by atoms with E-state index in [1.54, 1.807) is 24.3 Å². The molecule has 0 spiro atoms. The van der Waals surface area contributed by atoms with Crippen molar-refractivity contribution >= 4 is 40.7 Å². The molecule has 3 rings (SSSR count). The van der Waals surface area contributed by atoms with Crippen molar-refractivity contribution in [3.8, 4) is 11.6 Å². The number of ether oxygens (including phenoxy) is 1. The summed E-state index contributed by atoms with van der Waals surface area (Å²) < 4.78 is 5.70. The number of halogens is 2. The highest BCUT2D eigenvalue weighted by atomic mass is 35.5. The number of hydrogen-bond acceptors (Lipinski definition) is 4. The molecular weight excluding hydrogens is 389 g/mol. The van der Waals surface area contributed by atoms with Crippen LogP contribution in [0.2, 0.25) is 10.0 Å². The van der Waals surface area contributed by atoms with Crippen LogP contribution in [0.4, 0.5) is 5.69 Å². The minimum atomic E-state index is -0.231. The Bertz CT molecular complexity index is 860. The lowest BCUT2D eigenvalue weighted by atomic mass is 10.2. The SMILES string of the molecule is CC1CC1C(=O)NCCC(=O)Nc1ccccc1Oc1ncc(Cl)cc1Cl. The second kappa shape index (κ2) is 8.59. The maximum Gasteiger partial charge on any atom is 0.238 e. The first-order chi connectivity index (χ1) is 12.9. The van der Waals surface area contributed by atoms with Gasteiger partial charge in [-0.05, 0) is 30.5 Å². The molecule has 6 nitrogen and oxygen atoms in total. The highest BCUT2D eigenvalue weighted by molar-refractivity contribution is 6.35. The lowest BCUT2D eigenvalue weighted by molar-refractivity contribution is -0.122. The number of para-hydroxylation sites is 2. The fourth-order valence-electron chi connectivity index (χ4n) is 2.57. The van der Waals surface area contributed by atoms with Gasteiger partial charge in [-0.15, -0.1) is 0 Å². The van der Waals surface area contributed by atoms with Crippen LogP contribution in [-0.4, -0.2) is 23.3 Å². The molecule has 2 unspecified atom stereocenters. The molecule has 27 heavy (non-hydrogen) atoms. The number of anilines is 1. The summed E-state index contributed by atoms with van der Waals surface area (Å²) in [6, 6.07) is 8.47. The number of benzene rings is 1. The zero-order valence-electron chi connectivity index (χ0n) is 14.7. The van der Waals surface area contributed by atoms with Gasteiger partial charge in [0.15, 0.2) is 5.75 Å². The van der Waals surface area contributed by atoms with Gasteiger partial charge in [-0.2, -0.15) is 0 Å². The minimum absolute atomic E-state index is 0.0162. The van der Waals surface area contributed by atoms with E-state index in [1.807, 2.05) is 6.92 Å². The quantitative estimate of drug-likeness (QED) is 0.717. The van der Waals surface area contributed by atoms with Crippen molar-refractivity contribution in [1.82, 2.24) is 10.3 Å². The molecule has 0 bridgehead atoms. The fraction of sp³-hybridized carbons (Fsp3) is 0.316. The first kappa shape index (κ1) is 19.5. The first-order valence-corrected chi connectivity index (χ1v) is 9.35. The summed E-state index contributed by atoms with van der Waals surface area (Å²) in [4.78, 5) is 28.0. The topological polar surface area (TPSA) is 80.3 Å². The summed E-state index contributed by atoms with van der Waals surface area (Å²) in [5.41, 5.74) is 0.484. The van der Waals surface area contributed by atoms with Crippen LogP contribution in [0, 0.1) is 11.8 Å². The Kier molecular flexibility index (Phi) is 6.19. The van der Waals surface area contributed by atoms with E-state index in [0.717, 1.165) is 6.42 Å². The Balaban J connectivity index is 1.56. The van der Waals surface area contributed by atoms with Crippen LogP contribution >= 0.6 is 23.2 Å². The maximum absolute atomic E-state index is 12.2. The second-order valence-electron chi connectivity index (χ2n) is 6.45. The lowest BCUT2D eigenvalue weighted by Gasteiger charge is -2.12. The number of nitrogens with zero attached hydrogens (tertiary/aromatic N) is 1. The normalized spacial score (nSPS) is 17.9. The second-order valence-corrected chi connectivity index (χ2v) is 7.29. The Morgan fingerprint density at radius 3 is 2.74 bits per heavy atom. The first-order valence-electron chi connectivity index (χ1n) is 8.59. The molecule has 1 aromatic heterocycles. The van der Waals surface area contributed by atoms with E-state index in [4.69, 9.17) is 27.9 Å². The number of aromatic nitrogens is 1. The molecule has 1 heterocycles. The largest absolute Gasteiger partial charge is 0.435 e. The van der Waals surface area contributed by atoms with E-state index >= 15 is 0 Å². The van der Waals surface area contributed by atoms with E-state index in [9.17, 15) is 9.59 Å². The summed E-state index contributed by atoms with van der Waals surface area (Å²) >= 11 is 11.9. The molecule has 0 saturated heterocycles. The molecule has 2 N–H and O–H groups in total. The molecule has 2 atom stereocenters. The lowest BCUT2D eigenvalue weighted by Crippen LogP contribution is -2.29. The van der Waals surface area contributed by atoms with Gasteiger partial charge < -0.3 is 15.4 Å². The van der Waals surface area contributed by atoms with Crippen molar-refractivity contribution in [1.29, 1.82) is 0 Å². The average molecular weight is 408 g/mol. The van der Waals surface area contributed by atoms with Crippen LogP contribution in [0.1, 0.15) is 19.8 Å². The molecule has 2 amide bonds. The number of hydrogen-bond donors (Lipinski definition) is 2. The van der Waals surface area contributed by atoms with Crippen molar-refractivity contribution in [3.05, 3.63) is 46.6 Å². The zero-order valence-corrected chi connectivity index (χ0v) is 16.2. The highest BCUT2D eigenvalue weighted by Gasteiger charge is 2.38. The third kappa shape index (κ3) is 5.34. The van der Waals surface area contributed by atoms with E-state index in [1.165, 1.54) is 12.3 Å². The summed E-state index contributed by atoms with van der Waals surface area (Å²) in [7, 11) is 0. The van der Waals surface area contributed by atoms with E-state index < -0.39 is 0 Å². The number of rotatable bonds is 7. The third-order valence-corrected chi connectivity index (χ3v) is 4.72. The van der Waals surface area contributed by atoms with E-state index in [0.29, 0.717) is 28.9 Å². The van der Waals surface area contributed by atoms with E-state index in [-0.39, 0.29) is 35.1 Å². The molecule has 1 aromatic carbocycles. The Morgan fingerprint density at radius 2 is 2.04 bits per heavy atom. The van der Waals surface area contributed by atoms with Crippen LogP contribution in [0.15, 0.2) is 36.5 Å². The molecule has 142 valence electrons. The van der Waals surface area contributed by atoms with Gasteiger partial charge in [-0.3, -0.25) is 9.59 Å². The molecule has 0 aliphatic heterocycles. The summed E-state index contributed by atoms with van der Waals surface area (Å²) in [6.45, 7) is 2.33. The van der Waals surface area contributed by atoms with Crippen molar-refractivity contribution in [2.24, 2.45) is 11.8 Å². The zero-order chi connectivity index (χ0) is 19.4. The Labute approximate surface area is 167 Å². The number of carbonyl (C=O) groups is 2. The van der Waals surface area contributed by atoms with Crippen LogP contribution in [0.3, 0.4) is 0 Å². The average Bonchev–Trinajstić information content (AvgIpc) is 3.36. The Morgan fingerprint density at radius 1 is 1.30 bits per heavy atom. The number of carbonyl (C=O) groups excluding carboxylic acids is 2. The van der Waals surface area contributed by atoms with E-state index in [2.05, 4.69) is 15.6 Å². The van der Waals surface area contributed by atoms with Gasteiger partial charge in [-0.25, -0.2) is 4.98 Å². The summed E-state index contributed by atoms with van der Waals surface area (Å²) in [5, 5.41) is 6.23. The molecule has 1 fully saturated rings. The molecule has 1 saturated carbocycles. The van der Waals surface area contributed by atoms with Crippen molar-refractivity contribution in [2.75, 3.05) is 11.9 Å². The molecule has 0 radical (unpaired) electrons. The minimum Gasteiger partial charge on any atom is -0.435 e. The molecule has 1 aliphatic carbocycles. The fourth-order valence-corrected chi connectivity index (χ4v) is 2.99. The van der Waals surface area contributed by atoms with Crippen molar-refractivity contribution in [2.45, 2.75) is 19.8 Å². The smallest absolute Gasteiger partial charge is 0.238 e. The van der Waals surface area contributed by atoms with Gasteiger partial charge in [0.2, 0.25) is 17.7 Å². The number of amides is 2. The summed E-state index contributed by atoms with van der Waals surface area (Å²) in [5.74, 6) is 0.912. The van der Waals surface area contributed by atoms with Gasteiger partial charge in [-0.1, -0.05) is 42.3 Å².